The van der Waals surface area contributed by atoms with Crippen molar-refractivity contribution in [2.75, 3.05) is 0 Å². The monoisotopic (exact) mass is 231 g/mol. The van der Waals surface area contributed by atoms with Gasteiger partial charge in [-0.3, -0.25) is 4.40 Å². The maximum absolute atomic E-state index is 5.76. The maximum Gasteiger partial charge on any atom is 0.208 e. The van der Waals surface area contributed by atoms with Gasteiger partial charge in [-0.2, -0.15) is 0 Å². The summed E-state index contributed by atoms with van der Waals surface area (Å²) >= 11 is 9.04. The number of rotatable bonds is 0. The molecule has 0 N–H and O–H groups in total. The van der Waals surface area contributed by atoms with Crippen molar-refractivity contribution in [3.05, 3.63) is 28.5 Å². The number of imidazole rings is 1. The molecule has 3 nitrogen and oxygen atoms in total. The van der Waals surface area contributed by atoms with Gasteiger partial charge in [-0.05, 0) is 33.6 Å². The Hall–Kier alpha value is -0.610. The van der Waals surface area contributed by atoms with E-state index in [9.17, 15) is 0 Å². The highest BCUT2D eigenvalue weighted by molar-refractivity contribution is 9.10. The van der Waals surface area contributed by atoms with Crippen LogP contribution in [-0.4, -0.2) is 14.4 Å². The first-order valence-corrected chi connectivity index (χ1v) is 4.09. The van der Waals surface area contributed by atoms with Gasteiger partial charge in [-0.25, -0.2) is 9.97 Å². The Morgan fingerprint density at radius 1 is 1.45 bits per heavy atom. The number of halogens is 2. The SMILES string of the molecule is Clc1nccc2c(Br)ncn12. The van der Waals surface area contributed by atoms with Crippen molar-refractivity contribution in [3.63, 3.8) is 0 Å². The second-order valence-electron chi connectivity index (χ2n) is 2.00. The number of hydrogen-bond acceptors (Lipinski definition) is 2. The molecule has 2 rings (SSSR count). The molecule has 0 saturated heterocycles. The van der Waals surface area contributed by atoms with Gasteiger partial charge in [0.25, 0.3) is 0 Å². The van der Waals surface area contributed by atoms with E-state index in [2.05, 4.69) is 25.9 Å². The summed E-state index contributed by atoms with van der Waals surface area (Å²) in [7, 11) is 0. The van der Waals surface area contributed by atoms with Crippen molar-refractivity contribution in [1.82, 2.24) is 14.4 Å². The van der Waals surface area contributed by atoms with Crippen LogP contribution in [0.2, 0.25) is 5.28 Å². The van der Waals surface area contributed by atoms with E-state index in [1.807, 2.05) is 6.07 Å². The van der Waals surface area contributed by atoms with E-state index in [-0.39, 0.29) is 0 Å². The molecule has 0 saturated carbocycles. The van der Waals surface area contributed by atoms with E-state index in [0.29, 0.717) is 5.28 Å². The summed E-state index contributed by atoms with van der Waals surface area (Å²) in [5.41, 5.74) is 0.921. The molecule has 0 aliphatic carbocycles. The van der Waals surface area contributed by atoms with Crippen LogP contribution < -0.4 is 0 Å². The highest BCUT2D eigenvalue weighted by Gasteiger charge is 2.02. The van der Waals surface area contributed by atoms with Gasteiger partial charge < -0.3 is 0 Å². The molecule has 56 valence electrons. The number of hydrogen-bond donors (Lipinski definition) is 0. The minimum Gasteiger partial charge on any atom is -0.272 e. The highest BCUT2D eigenvalue weighted by atomic mass is 79.9. The van der Waals surface area contributed by atoms with Crippen LogP contribution in [0.4, 0.5) is 0 Å². The molecule has 11 heavy (non-hydrogen) atoms. The fourth-order valence-electron chi connectivity index (χ4n) is 0.864. The minimum absolute atomic E-state index is 0.417. The fraction of sp³-hybridized carbons (Fsp3) is 0. The lowest BCUT2D eigenvalue weighted by atomic mass is 10.5. The Balaban J connectivity index is 2.94. The van der Waals surface area contributed by atoms with Crippen molar-refractivity contribution in [2.24, 2.45) is 0 Å². The van der Waals surface area contributed by atoms with Crippen molar-refractivity contribution in [3.8, 4) is 0 Å². The zero-order valence-corrected chi connectivity index (χ0v) is 7.67. The summed E-state index contributed by atoms with van der Waals surface area (Å²) in [6.45, 7) is 0. The molecule has 0 spiro atoms. The highest BCUT2D eigenvalue weighted by Crippen LogP contribution is 2.17. The molecule has 0 atom stereocenters. The molecule has 0 aromatic carbocycles. The average molecular weight is 232 g/mol. The Bertz CT molecular complexity index is 398. The molecule has 0 unspecified atom stereocenters. The van der Waals surface area contributed by atoms with E-state index in [1.54, 1.807) is 16.9 Å². The molecule has 5 heteroatoms. The van der Waals surface area contributed by atoms with Gasteiger partial charge in [0.15, 0.2) is 0 Å². The number of aromatic nitrogens is 3. The first kappa shape index (κ1) is 7.06. The molecule has 2 heterocycles. The largest absolute Gasteiger partial charge is 0.272 e. The van der Waals surface area contributed by atoms with Gasteiger partial charge in [0, 0.05) is 6.20 Å². The van der Waals surface area contributed by atoms with E-state index in [0.717, 1.165) is 10.1 Å². The molecule has 0 bridgehead atoms. The Morgan fingerprint density at radius 3 is 3.00 bits per heavy atom. The van der Waals surface area contributed by atoms with Crippen molar-refractivity contribution < 1.29 is 0 Å². The predicted octanol–water partition coefficient (Wildman–Crippen LogP) is 2.15. The van der Waals surface area contributed by atoms with E-state index in [1.165, 1.54) is 0 Å². The van der Waals surface area contributed by atoms with Crippen LogP contribution in [0.1, 0.15) is 0 Å². The lowest BCUT2D eigenvalue weighted by Crippen LogP contribution is -1.86. The molecule has 0 amide bonds. The summed E-state index contributed by atoms with van der Waals surface area (Å²) in [5, 5.41) is 0.417. The first-order chi connectivity index (χ1) is 5.29. The van der Waals surface area contributed by atoms with Gasteiger partial charge in [-0.1, -0.05) is 0 Å². The second-order valence-corrected chi connectivity index (χ2v) is 3.09. The van der Waals surface area contributed by atoms with Gasteiger partial charge >= 0.3 is 0 Å². The first-order valence-electron chi connectivity index (χ1n) is 2.92. The molecule has 0 fully saturated rings. The smallest absolute Gasteiger partial charge is 0.208 e. The number of nitrogens with zero attached hydrogens (tertiary/aromatic N) is 3. The van der Waals surface area contributed by atoms with E-state index in [4.69, 9.17) is 11.6 Å². The maximum atomic E-state index is 5.76. The van der Waals surface area contributed by atoms with Gasteiger partial charge in [-0.15, -0.1) is 0 Å². The molecule has 2 aromatic heterocycles. The summed E-state index contributed by atoms with van der Waals surface area (Å²) in [5.74, 6) is 0. The fourth-order valence-corrected chi connectivity index (χ4v) is 1.47. The molecule has 0 aliphatic heterocycles. The average Bonchev–Trinajstić information content (AvgIpc) is 2.35. The van der Waals surface area contributed by atoms with Crippen molar-refractivity contribution >= 4 is 33.0 Å². The van der Waals surface area contributed by atoms with Crippen LogP contribution in [0, 0.1) is 0 Å². The standard InChI is InChI=1S/C6H3BrClN3/c7-5-4-1-2-9-6(8)11(4)3-10-5/h1-3H. The lowest BCUT2D eigenvalue weighted by Gasteiger charge is -1.93. The summed E-state index contributed by atoms with van der Waals surface area (Å²) in [6, 6.07) is 1.84. The predicted molar refractivity (Wildman–Crippen MR) is 45.7 cm³/mol. The van der Waals surface area contributed by atoms with Crippen LogP contribution in [-0.2, 0) is 0 Å². The lowest BCUT2D eigenvalue weighted by molar-refractivity contribution is 1.07. The second kappa shape index (κ2) is 2.46. The van der Waals surface area contributed by atoms with E-state index < -0.39 is 0 Å². The third-order valence-electron chi connectivity index (χ3n) is 1.37. The van der Waals surface area contributed by atoms with Gasteiger partial charge in [0.2, 0.25) is 5.28 Å². The normalized spacial score (nSPS) is 10.7. The minimum atomic E-state index is 0.417. The van der Waals surface area contributed by atoms with E-state index >= 15 is 0 Å². The van der Waals surface area contributed by atoms with Crippen LogP contribution in [0.5, 0.6) is 0 Å². The zero-order chi connectivity index (χ0) is 7.84. The zero-order valence-electron chi connectivity index (χ0n) is 5.33. The van der Waals surface area contributed by atoms with Crippen molar-refractivity contribution in [2.45, 2.75) is 0 Å². The van der Waals surface area contributed by atoms with Crippen LogP contribution in [0.25, 0.3) is 5.52 Å². The van der Waals surface area contributed by atoms with Crippen LogP contribution in [0.3, 0.4) is 0 Å². The topological polar surface area (TPSA) is 30.2 Å². The summed E-state index contributed by atoms with van der Waals surface area (Å²) in [4.78, 5) is 7.90. The molecule has 0 aliphatic rings. The summed E-state index contributed by atoms with van der Waals surface area (Å²) < 4.78 is 2.48. The third kappa shape index (κ3) is 1.02. The third-order valence-corrected chi connectivity index (χ3v) is 2.26. The molecular formula is C6H3BrClN3. The Morgan fingerprint density at radius 2 is 2.27 bits per heavy atom. The van der Waals surface area contributed by atoms with Gasteiger partial charge in [0.05, 0.1) is 5.52 Å². The molecular weight excluding hydrogens is 229 g/mol. The Labute approximate surface area is 76.2 Å². The molecule has 0 radical (unpaired) electrons. The van der Waals surface area contributed by atoms with Crippen LogP contribution >= 0.6 is 27.5 Å². The van der Waals surface area contributed by atoms with Crippen molar-refractivity contribution in [1.29, 1.82) is 0 Å². The van der Waals surface area contributed by atoms with Gasteiger partial charge in [0.1, 0.15) is 10.9 Å². The number of fused-ring (bicyclic) bond motifs is 1. The quantitative estimate of drug-likeness (QED) is 0.652. The van der Waals surface area contributed by atoms with Crippen LogP contribution in [0.15, 0.2) is 23.2 Å². The molecule has 2 aromatic rings. The summed E-state index contributed by atoms with van der Waals surface area (Å²) in [6.07, 6.45) is 3.26. The Kier molecular flexibility index (Phi) is 1.58.